The Balaban J connectivity index is 0.000000196. The lowest BCUT2D eigenvalue weighted by atomic mass is 10.5. The molecule has 0 spiro atoms. The van der Waals surface area contributed by atoms with E-state index < -0.39 is 0 Å². The van der Waals surface area contributed by atoms with Crippen molar-refractivity contribution in [3.05, 3.63) is 40.1 Å². The quantitative estimate of drug-likeness (QED) is 0.272. The third-order valence-corrected chi connectivity index (χ3v) is 7.68. The maximum atomic E-state index is 8.98. The predicted molar refractivity (Wildman–Crippen MR) is 131 cm³/mol. The second kappa shape index (κ2) is 12.5. The van der Waals surface area contributed by atoms with E-state index in [1.165, 1.54) is 53.5 Å². The molecule has 4 rings (SSSR count). The van der Waals surface area contributed by atoms with E-state index in [-0.39, 0.29) is 0 Å². The predicted octanol–water partition coefficient (Wildman–Crippen LogP) is 4.14. The number of aromatic amines is 1. The van der Waals surface area contributed by atoms with Gasteiger partial charge in [0.25, 0.3) is 0 Å². The third-order valence-electron chi connectivity index (χ3n) is 3.47. The summed E-state index contributed by atoms with van der Waals surface area (Å²) in [4.78, 5) is 16.1. The fraction of sp³-hybridized carbons (Fsp3) is 0.222. The zero-order valence-corrected chi connectivity index (χ0v) is 22.0. The lowest BCUT2D eigenvalue weighted by Gasteiger charge is -2.05. The highest BCUT2D eigenvalue weighted by Crippen LogP contribution is 2.30. The molecule has 0 saturated heterocycles. The maximum absolute atomic E-state index is 8.98. The van der Waals surface area contributed by atoms with Gasteiger partial charge < -0.3 is 0 Å². The molecule has 0 aliphatic rings. The van der Waals surface area contributed by atoms with Crippen molar-refractivity contribution in [2.75, 3.05) is 0 Å². The largest absolute Gasteiger partial charge is 0.300 e. The first-order valence-electron chi connectivity index (χ1n) is 9.30. The minimum absolute atomic E-state index is 0.295. The summed E-state index contributed by atoms with van der Waals surface area (Å²) < 4.78 is 3.21. The van der Waals surface area contributed by atoms with Gasteiger partial charge in [-0.25, -0.2) is 19.9 Å². The number of rotatable bonds is 6. The van der Waals surface area contributed by atoms with Crippen molar-refractivity contribution >= 4 is 58.8 Å². The summed E-state index contributed by atoms with van der Waals surface area (Å²) in [5.41, 5.74) is 0.595. The molecular weight excluding hydrogens is 531 g/mol. The molecule has 172 valence electrons. The van der Waals surface area contributed by atoms with E-state index in [0.29, 0.717) is 35.8 Å². The molecule has 0 aliphatic heterocycles. The van der Waals surface area contributed by atoms with E-state index >= 15 is 0 Å². The summed E-state index contributed by atoms with van der Waals surface area (Å²) in [5.74, 6) is 0. The Morgan fingerprint density at radius 2 is 1.50 bits per heavy atom. The highest BCUT2D eigenvalue weighted by atomic mass is 32.2. The summed E-state index contributed by atoms with van der Waals surface area (Å²) in [6.45, 7) is 4.20. The molecule has 0 aromatic carbocycles. The van der Waals surface area contributed by atoms with Crippen LogP contribution in [0.15, 0.2) is 49.5 Å². The fourth-order valence-corrected chi connectivity index (χ4v) is 5.69. The Kier molecular flexibility index (Phi) is 9.49. The second-order valence-corrected chi connectivity index (χ2v) is 11.6. The molecule has 0 saturated carbocycles. The van der Waals surface area contributed by atoms with Gasteiger partial charge in [-0.15, -0.1) is 10.2 Å². The van der Waals surface area contributed by atoms with Gasteiger partial charge in [0.05, 0.1) is 0 Å². The number of nitriles is 2. The van der Waals surface area contributed by atoms with E-state index in [2.05, 4.69) is 54.2 Å². The van der Waals surface area contributed by atoms with Crippen molar-refractivity contribution in [1.29, 1.82) is 10.5 Å². The van der Waals surface area contributed by atoms with Gasteiger partial charge in [0.2, 0.25) is 0 Å². The van der Waals surface area contributed by atoms with Crippen LogP contribution in [-0.2, 0) is 7.05 Å². The first kappa shape index (κ1) is 25.7. The SMILES string of the molecule is CC(C)Sc1nnc(Sc2nccnc2C#N)n1C.N#Cc1nccnc1Sc1n[nH]c(=S)s1. The van der Waals surface area contributed by atoms with Crippen LogP contribution in [0.5, 0.6) is 0 Å². The van der Waals surface area contributed by atoms with Crippen molar-refractivity contribution in [2.45, 2.75) is 43.8 Å². The molecule has 0 bridgehead atoms. The van der Waals surface area contributed by atoms with Crippen molar-refractivity contribution in [2.24, 2.45) is 7.05 Å². The zero-order valence-electron chi connectivity index (χ0n) is 17.9. The van der Waals surface area contributed by atoms with E-state index in [9.17, 15) is 0 Å². The highest BCUT2D eigenvalue weighted by Gasteiger charge is 2.15. The molecule has 0 radical (unpaired) electrons. The third kappa shape index (κ3) is 7.05. The van der Waals surface area contributed by atoms with Crippen LogP contribution < -0.4 is 0 Å². The molecule has 0 amide bonds. The molecule has 4 heterocycles. The Bertz CT molecular complexity index is 1400. The highest BCUT2D eigenvalue weighted by molar-refractivity contribution is 8.01. The lowest BCUT2D eigenvalue weighted by Crippen LogP contribution is -1.97. The maximum Gasteiger partial charge on any atom is 0.198 e. The van der Waals surface area contributed by atoms with Gasteiger partial charge in [-0.05, 0) is 35.7 Å². The standard InChI is InChI=1S/C11H12N6S2.C7H3N5S3/c1-7(2)18-10-15-16-11(17(10)3)19-9-8(6-12)13-4-5-14-9;8-3-4-5(10-2-1-9-4)14-7-12-11-6(13)15-7/h4-5,7H,1-3H3;1-2H,(H,11,13). The van der Waals surface area contributed by atoms with Crippen LogP contribution in [0.1, 0.15) is 25.2 Å². The topological polar surface area (TPSA) is 159 Å². The van der Waals surface area contributed by atoms with Gasteiger partial charge in [-0.1, -0.05) is 36.9 Å². The molecule has 1 N–H and O–H groups in total. The average molecular weight is 546 g/mol. The van der Waals surface area contributed by atoms with Crippen LogP contribution in [-0.4, -0.2) is 50.1 Å². The van der Waals surface area contributed by atoms with E-state index in [4.69, 9.17) is 22.7 Å². The summed E-state index contributed by atoms with van der Waals surface area (Å²) in [6.07, 6.45) is 6.08. The van der Waals surface area contributed by atoms with Gasteiger partial charge in [0.1, 0.15) is 22.2 Å². The molecule has 4 aromatic heterocycles. The Hall–Kier alpha value is -2.89. The Morgan fingerprint density at radius 3 is 2.03 bits per heavy atom. The van der Waals surface area contributed by atoms with Crippen LogP contribution >= 0.6 is 58.8 Å². The normalized spacial score (nSPS) is 10.3. The minimum Gasteiger partial charge on any atom is -0.300 e. The molecule has 0 unspecified atom stereocenters. The fourth-order valence-electron chi connectivity index (χ4n) is 2.09. The Morgan fingerprint density at radius 1 is 0.941 bits per heavy atom. The molecule has 0 atom stereocenters. The summed E-state index contributed by atoms with van der Waals surface area (Å²) in [5, 5.41) is 35.7. The van der Waals surface area contributed by atoms with Crippen LogP contribution in [0.25, 0.3) is 0 Å². The molecular formula is C18H15N11S5. The number of nitrogens with zero attached hydrogens (tertiary/aromatic N) is 10. The van der Waals surface area contributed by atoms with Gasteiger partial charge in [-0.3, -0.25) is 9.67 Å². The van der Waals surface area contributed by atoms with Gasteiger partial charge in [0, 0.05) is 37.1 Å². The first-order chi connectivity index (χ1) is 16.4. The number of hydrogen-bond donors (Lipinski definition) is 1. The second-order valence-electron chi connectivity index (χ2n) is 6.22. The molecule has 34 heavy (non-hydrogen) atoms. The monoisotopic (exact) mass is 545 g/mol. The summed E-state index contributed by atoms with van der Waals surface area (Å²) in [7, 11) is 1.90. The van der Waals surface area contributed by atoms with Gasteiger partial charge >= 0.3 is 0 Å². The van der Waals surface area contributed by atoms with Gasteiger partial charge in [-0.2, -0.15) is 15.6 Å². The number of thioether (sulfide) groups is 1. The summed E-state index contributed by atoms with van der Waals surface area (Å²) in [6, 6.07) is 3.99. The number of H-pyrrole nitrogens is 1. The number of aromatic nitrogens is 9. The smallest absolute Gasteiger partial charge is 0.198 e. The lowest BCUT2D eigenvalue weighted by molar-refractivity contribution is 0.719. The molecule has 16 heteroatoms. The number of hydrogen-bond acceptors (Lipinski definition) is 14. The summed E-state index contributed by atoms with van der Waals surface area (Å²) >= 11 is 10.4. The van der Waals surface area contributed by atoms with Crippen LogP contribution in [0.2, 0.25) is 0 Å². The van der Waals surface area contributed by atoms with Crippen LogP contribution in [0, 0.1) is 26.6 Å². The van der Waals surface area contributed by atoms with Crippen molar-refractivity contribution in [3.8, 4) is 12.1 Å². The number of nitrogens with one attached hydrogen (secondary N) is 1. The van der Waals surface area contributed by atoms with Crippen LogP contribution in [0.4, 0.5) is 0 Å². The van der Waals surface area contributed by atoms with E-state index in [1.54, 1.807) is 18.0 Å². The zero-order chi connectivity index (χ0) is 24.5. The molecule has 4 aromatic rings. The van der Waals surface area contributed by atoms with Crippen LogP contribution in [0.3, 0.4) is 0 Å². The average Bonchev–Trinajstić information content (AvgIpc) is 3.40. The van der Waals surface area contributed by atoms with E-state index in [1.807, 2.05) is 23.8 Å². The molecule has 0 fully saturated rings. The van der Waals surface area contributed by atoms with Crippen molar-refractivity contribution in [1.82, 2.24) is 44.9 Å². The molecule has 11 nitrogen and oxygen atoms in total. The molecule has 0 aliphatic carbocycles. The van der Waals surface area contributed by atoms with Gasteiger partial charge in [0.15, 0.2) is 30.0 Å². The van der Waals surface area contributed by atoms with Crippen molar-refractivity contribution in [3.63, 3.8) is 0 Å². The Labute approximate surface area is 216 Å². The minimum atomic E-state index is 0.295. The van der Waals surface area contributed by atoms with Crippen molar-refractivity contribution < 1.29 is 0 Å². The van der Waals surface area contributed by atoms with E-state index in [0.717, 1.165) is 9.50 Å². The first-order valence-corrected chi connectivity index (χ1v) is 13.0.